The number of piperidine rings is 1. The molecule has 0 radical (unpaired) electrons. The zero-order valence-electron chi connectivity index (χ0n) is 15.2. The molecule has 1 unspecified atom stereocenters. The lowest BCUT2D eigenvalue weighted by Crippen LogP contribution is -2.57. The van der Waals surface area contributed by atoms with Gasteiger partial charge in [-0.2, -0.15) is 0 Å². The first-order valence-corrected chi connectivity index (χ1v) is 9.07. The summed E-state index contributed by atoms with van der Waals surface area (Å²) in [7, 11) is 1.41. The van der Waals surface area contributed by atoms with Gasteiger partial charge in [-0.3, -0.25) is 4.79 Å². The lowest BCUT2D eigenvalue weighted by atomic mass is 9.76. The van der Waals surface area contributed by atoms with Crippen LogP contribution < -0.4 is 10.6 Å². The molecule has 1 amide bonds. The van der Waals surface area contributed by atoms with Crippen molar-refractivity contribution < 1.29 is 14.3 Å². The molecular formula is C18H33ClN2O3. The molecule has 6 heteroatoms. The van der Waals surface area contributed by atoms with Crippen LogP contribution >= 0.6 is 12.4 Å². The Morgan fingerprint density at radius 1 is 1.21 bits per heavy atom. The minimum atomic E-state index is -0.799. The zero-order chi connectivity index (χ0) is 16.9. The Balaban J connectivity index is 0.00000288. The van der Waals surface area contributed by atoms with Crippen molar-refractivity contribution >= 4 is 24.3 Å². The van der Waals surface area contributed by atoms with Crippen LogP contribution in [0.5, 0.6) is 0 Å². The fourth-order valence-electron chi connectivity index (χ4n) is 4.02. The van der Waals surface area contributed by atoms with Gasteiger partial charge in [-0.25, -0.2) is 4.79 Å². The lowest BCUT2D eigenvalue weighted by Gasteiger charge is -2.38. The van der Waals surface area contributed by atoms with Gasteiger partial charge in [0.1, 0.15) is 5.54 Å². The maximum Gasteiger partial charge on any atom is 0.331 e. The smallest absolute Gasteiger partial charge is 0.331 e. The second-order valence-electron chi connectivity index (χ2n) is 7.57. The number of esters is 1. The summed E-state index contributed by atoms with van der Waals surface area (Å²) in [5, 5.41) is 6.40. The van der Waals surface area contributed by atoms with Gasteiger partial charge in [0.25, 0.3) is 0 Å². The van der Waals surface area contributed by atoms with Gasteiger partial charge < -0.3 is 15.4 Å². The first-order chi connectivity index (χ1) is 11.0. The molecule has 0 aromatic rings. The SMILES string of the molecule is COC(=O)C1(NC(=O)CC(C)C2CCNCC2)CCC(C)CC1.Cl. The van der Waals surface area contributed by atoms with Gasteiger partial charge in [0, 0.05) is 6.42 Å². The van der Waals surface area contributed by atoms with Crippen molar-refractivity contribution in [3.05, 3.63) is 0 Å². The minimum Gasteiger partial charge on any atom is -0.467 e. The molecule has 1 saturated carbocycles. The summed E-state index contributed by atoms with van der Waals surface area (Å²) in [6.45, 7) is 6.44. The van der Waals surface area contributed by atoms with Crippen LogP contribution in [0.4, 0.5) is 0 Å². The Kier molecular flexibility index (Phi) is 8.51. The first kappa shape index (κ1) is 21.2. The van der Waals surface area contributed by atoms with Crippen LogP contribution in [-0.4, -0.2) is 37.6 Å². The number of methoxy groups -OCH3 is 1. The quantitative estimate of drug-likeness (QED) is 0.740. The second-order valence-corrected chi connectivity index (χ2v) is 7.57. The number of amides is 1. The van der Waals surface area contributed by atoms with Gasteiger partial charge in [-0.1, -0.05) is 13.8 Å². The van der Waals surface area contributed by atoms with Gasteiger partial charge in [0.05, 0.1) is 7.11 Å². The number of carbonyl (C=O) groups is 2. The highest BCUT2D eigenvalue weighted by Crippen LogP contribution is 2.33. The molecule has 1 heterocycles. The van der Waals surface area contributed by atoms with Crippen molar-refractivity contribution in [2.45, 2.75) is 64.3 Å². The van der Waals surface area contributed by atoms with E-state index in [4.69, 9.17) is 4.74 Å². The van der Waals surface area contributed by atoms with E-state index >= 15 is 0 Å². The van der Waals surface area contributed by atoms with E-state index in [9.17, 15) is 9.59 Å². The van der Waals surface area contributed by atoms with E-state index in [1.165, 1.54) is 7.11 Å². The Morgan fingerprint density at radius 3 is 2.33 bits per heavy atom. The molecular weight excluding hydrogens is 328 g/mol. The fraction of sp³-hybridized carbons (Fsp3) is 0.889. The minimum absolute atomic E-state index is 0. The second kappa shape index (κ2) is 9.62. The van der Waals surface area contributed by atoms with Crippen molar-refractivity contribution in [1.29, 1.82) is 0 Å². The van der Waals surface area contributed by atoms with Crippen LogP contribution in [-0.2, 0) is 14.3 Å². The van der Waals surface area contributed by atoms with Gasteiger partial charge in [0.15, 0.2) is 0 Å². The van der Waals surface area contributed by atoms with Crippen molar-refractivity contribution in [1.82, 2.24) is 10.6 Å². The maximum atomic E-state index is 12.5. The van der Waals surface area contributed by atoms with E-state index in [2.05, 4.69) is 24.5 Å². The number of nitrogens with one attached hydrogen (secondary N) is 2. The van der Waals surface area contributed by atoms with Crippen molar-refractivity contribution in [3.8, 4) is 0 Å². The van der Waals surface area contributed by atoms with E-state index in [1.807, 2.05) is 0 Å². The number of ether oxygens (including phenoxy) is 1. The summed E-state index contributed by atoms with van der Waals surface area (Å²) >= 11 is 0. The number of hydrogen-bond acceptors (Lipinski definition) is 4. The summed E-state index contributed by atoms with van der Waals surface area (Å²) in [4.78, 5) is 24.8. The molecule has 1 aliphatic carbocycles. The highest BCUT2D eigenvalue weighted by molar-refractivity contribution is 5.88. The summed E-state index contributed by atoms with van der Waals surface area (Å²) in [6.07, 6.45) is 6.06. The van der Waals surface area contributed by atoms with E-state index in [1.54, 1.807) is 0 Å². The van der Waals surface area contributed by atoms with Crippen molar-refractivity contribution in [2.75, 3.05) is 20.2 Å². The molecule has 0 aromatic carbocycles. The van der Waals surface area contributed by atoms with E-state index in [0.29, 0.717) is 37.0 Å². The number of rotatable bonds is 5. The van der Waals surface area contributed by atoms with Crippen molar-refractivity contribution in [3.63, 3.8) is 0 Å². The number of hydrogen-bond donors (Lipinski definition) is 2. The highest BCUT2D eigenvalue weighted by Gasteiger charge is 2.43. The molecule has 24 heavy (non-hydrogen) atoms. The van der Waals surface area contributed by atoms with Gasteiger partial charge in [-0.15, -0.1) is 12.4 Å². The Morgan fingerprint density at radius 2 is 1.79 bits per heavy atom. The highest BCUT2D eigenvalue weighted by atomic mass is 35.5. The Labute approximate surface area is 152 Å². The Hall–Kier alpha value is -0.810. The summed E-state index contributed by atoms with van der Waals surface area (Å²) in [6, 6.07) is 0. The van der Waals surface area contributed by atoms with Crippen LogP contribution in [0, 0.1) is 17.8 Å². The monoisotopic (exact) mass is 360 g/mol. The van der Waals surface area contributed by atoms with Gasteiger partial charge in [0.2, 0.25) is 5.91 Å². The van der Waals surface area contributed by atoms with E-state index in [0.717, 1.165) is 38.8 Å². The molecule has 0 spiro atoms. The molecule has 2 aliphatic rings. The van der Waals surface area contributed by atoms with Gasteiger partial charge in [-0.05, 0) is 69.4 Å². The zero-order valence-corrected chi connectivity index (χ0v) is 16.0. The predicted octanol–water partition coefficient (Wildman–Crippen LogP) is 2.67. The maximum absolute atomic E-state index is 12.5. The fourth-order valence-corrected chi connectivity index (χ4v) is 4.02. The number of carbonyl (C=O) groups excluding carboxylic acids is 2. The molecule has 140 valence electrons. The third kappa shape index (κ3) is 5.35. The van der Waals surface area contributed by atoms with Crippen molar-refractivity contribution in [2.24, 2.45) is 17.8 Å². The van der Waals surface area contributed by atoms with Crippen LogP contribution in [0.3, 0.4) is 0 Å². The van der Waals surface area contributed by atoms with E-state index in [-0.39, 0.29) is 24.3 Å². The van der Waals surface area contributed by atoms with Gasteiger partial charge >= 0.3 is 5.97 Å². The lowest BCUT2D eigenvalue weighted by molar-refractivity contribution is -0.153. The first-order valence-electron chi connectivity index (χ1n) is 9.07. The normalized spacial score (nSPS) is 29.2. The van der Waals surface area contributed by atoms with Crippen LogP contribution in [0.2, 0.25) is 0 Å². The van der Waals surface area contributed by atoms with Crippen LogP contribution in [0.15, 0.2) is 0 Å². The third-order valence-corrected chi connectivity index (χ3v) is 5.78. The Bertz CT molecular complexity index is 416. The molecule has 2 rings (SSSR count). The molecule has 2 fully saturated rings. The third-order valence-electron chi connectivity index (χ3n) is 5.78. The summed E-state index contributed by atoms with van der Waals surface area (Å²) in [5.74, 6) is 1.28. The van der Waals surface area contributed by atoms with Crippen LogP contribution in [0.25, 0.3) is 0 Å². The molecule has 5 nitrogen and oxygen atoms in total. The topological polar surface area (TPSA) is 67.4 Å². The molecule has 1 aliphatic heterocycles. The number of halogens is 1. The molecule has 2 N–H and O–H groups in total. The standard InChI is InChI=1S/C18H32N2O3.ClH/c1-13-4-8-18(9-5-13,17(22)23-3)20-16(21)12-14(2)15-6-10-19-11-7-15;/h13-15,19H,4-12H2,1-3H3,(H,20,21);1H. The van der Waals surface area contributed by atoms with E-state index < -0.39 is 5.54 Å². The summed E-state index contributed by atoms with van der Waals surface area (Å²) in [5.41, 5.74) is -0.799. The average Bonchev–Trinajstić information content (AvgIpc) is 2.57. The predicted molar refractivity (Wildman–Crippen MR) is 97.1 cm³/mol. The molecule has 1 saturated heterocycles. The summed E-state index contributed by atoms with van der Waals surface area (Å²) < 4.78 is 4.99. The largest absolute Gasteiger partial charge is 0.467 e. The molecule has 0 bridgehead atoms. The average molecular weight is 361 g/mol. The molecule has 1 atom stereocenters. The van der Waals surface area contributed by atoms with Crippen LogP contribution in [0.1, 0.15) is 58.8 Å². The molecule has 0 aromatic heterocycles.